The van der Waals surface area contributed by atoms with Crippen molar-refractivity contribution in [3.63, 3.8) is 0 Å². The first-order valence-corrected chi connectivity index (χ1v) is 5.54. The highest BCUT2D eigenvalue weighted by atomic mass is 16.2. The van der Waals surface area contributed by atoms with Gasteiger partial charge < -0.3 is 4.90 Å². The molecule has 0 N–H and O–H groups in total. The van der Waals surface area contributed by atoms with Gasteiger partial charge >= 0.3 is 0 Å². The largest absolute Gasteiger partial charge is 0.316 e. The van der Waals surface area contributed by atoms with Gasteiger partial charge in [0.2, 0.25) is 5.91 Å². The molecule has 2 heteroatoms. The zero-order valence-electron chi connectivity index (χ0n) is 9.79. The van der Waals surface area contributed by atoms with Gasteiger partial charge in [-0.3, -0.25) is 4.79 Å². The molecule has 0 saturated carbocycles. The summed E-state index contributed by atoms with van der Waals surface area (Å²) < 4.78 is 0. The number of hydrogen-bond donors (Lipinski definition) is 0. The van der Waals surface area contributed by atoms with Gasteiger partial charge in [0.05, 0.1) is 0 Å². The highest BCUT2D eigenvalue weighted by molar-refractivity contribution is 5.92. The standard InChI is InChI=1S/C13H19NO/c1-4-6-13(15)14(3)12-9-7-11(5-2)8-10-12/h7-10H,4-6H2,1-3H3. The Kier molecular flexibility index (Phi) is 4.35. The second kappa shape index (κ2) is 5.54. The summed E-state index contributed by atoms with van der Waals surface area (Å²) in [5, 5.41) is 0. The monoisotopic (exact) mass is 205 g/mol. The second-order valence-electron chi connectivity index (χ2n) is 3.72. The van der Waals surface area contributed by atoms with Crippen molar-refractivity contribution in [2.75, 3.05) is 11.9 Å². The van der Waals surface area contributed by atoms with Gasteiger partial charge in [-0.05, 0) is 30.5 Å². The summed E-state index contributed by atoms with van der Waals surface area (Å²) in [6, 6.07) is 8.16. The molecule has 0 bridgehead atoms. The lowest BCUT2D eigenvalue weighted by molar-refractivity contribution is -0.118. The van der Waals surface area contributed by atoms with E-state index < -0.39 is 0 Å². The number of benzene rings is 1. The maximum Gasteiger partial charge on any atom is 0.226 e. The SMILES string of the molecule is CCCC(=O)N(C)c1ccc(CC)cc1. The fraction of sp³-hybridized carbons (Fsp3) is 0.462. The van der Waals surface area contributed by atoms with Gasteiger partial charge in [-0.1, -0.05) is 26.0 Å². The number of amides is 1. The number of hydrogen-bond acceptors (Lipinski definition) is 1. The molecule has 1 rings (SSSR count). The van der Waals surface area contributed by atoms with Crippen LogP contribution in [0.5, 0.6) is 0 Å². The Hall–Kier alpha value is -1.31. The second-order valence-corrected chi connectivity index (χ2v) is 3.72. The van der Waals surface area contributed by atoms with E-state index in [1.165, 1.54) is 5.56 Å². The quantitative estimate of drug-likeness (QED) is 0.740. The van der Waals surface area contributed by atoms with E-state index in [4.69, 9.17) is 0 Å². The van der Waals surface area contributed by atoms with Crippen molar-refractivity contribution in [2.24, 2.45) is 0 Å². The number of carbonyl (C=O) groups excluding carboxylic acids is 1. The van der Waals surface area contributed by atoms with Crippen molar-refractivity contribution >= 4 is 11.6 Å². The van der Waals surface area contributed by atoms with Crippen LogP contribution in [-0.2, 0) is 11.2 Å². The van der Waals surface area contributed by atoms with Gasteiger partial charge in [0, 0.05) is 19.2 Å². The molecular weight excluding hydrogens is 186 g/mol. The predicted molar refractivity (Wildman–Crippen MR) is 64.1 cm³/mol. The normalized spacial score (nSPS) is 10.1. The fourth-order valence-corrected chi connectivity index (χ4v) is 1.48. The molecule has 1 amide bonds. The summed E-state index contributed by atoms with van der Waals surface area (Å²) in [6.45, 7) is 4.15. The minimum absolute atomic E-state index is 0.182. The molecule has 2 nitrogen and oxygen atoms in total. The summed E-state index contributed by atoms with van der Waals surface area (Å²) in [7, 11) is 1.83. The van der Waals surface area contributed by atoms with Gasteiger partial charge in [0.25, 0.3) is 0 Å². The molecule has 0 saturated heterocycles. The van der Waals surface area contributed by atoms with Crippen molar-refractivity contribution in [1.29, 1.82) is 0 Å². The third-order valence-corrected chi connectivity index (χ3v) is 2.57. The number of nitrogens with zero attached hydrogens (tertiary/aromatic N) is 1. The minimum Gasteiger partial charge on any atom is -0.316 e. The number of rotatable bonds is 4. The first-order valence-electron chi connectivity index (χ1n) is 5.54. The maximum atomic E-state index is 11.6. The van der Waals surface area contributed by atoms with E-state index in [9.17, 15) is 4.79 Å². The van der Waals surface area contributed by atoms with E-state index in [-0.39, 0.29) is 5.91 Å². The summed E-state index contributed by atoms with van der Waals surface area (Å²) in [5.41, 5.74) is 2.28. The summed E-state index contributed by atoms with van der Waals surface area (Å²) in [5.74, 6) is 0.182. The number of carbonyl (C=O) groups is 1. The third kappa shape index (κ3) is 3.08. The van der Waals surface area contributed by atoms with Crippen molar-refractivity contribution in [1.82, 2.24) is 0 Å². The van der Waals surface area contributed by atoms with E-state index in [0.29, 0.717) is 6.42 Å². The van der Waals surface area contributed by atoms with E-state index in [0.717, 1.165) is 18.5 Å². The predicted octanol–water partition coefficient (Wildman–Crippen LogP) is 3.01. The number of aryl methyl sites for hydroxylation is 1. The van der Waals surface area contributed by atoms with E-state index >= 15 is 0 Å². The Morgan fingerprint density at radius 1 is 1.20 bits per heavy atom. The van der Waals surface area contributed by atoms with Gasteiger partial charge in [-0.25, -0.2) is 0 Å². The average molecular weight is 205 g/mol. The van der Waals surface area contributed by atoms with Crippen molar-refractivity contribution in [2.45, 2.75) is 33.1 Å². The van der Waals surface area contributed by atoms with Crippen LogP contribution in [0.25, 0.3) is 0 Å². The van der Waals surface area contributed by atoms with Gasteiger partial charge in [0.1, 0.15) is 0 Å². The van der Waals surface area contributed by atoms with Crippen LogP contribution in [-0.4, -0.2) is 13.0 Å². The van der Waals surface area contributed by atoms with Gasteiger partial charge in [0.15, 0.2) is 0 Å². The molecule has 82 valence electrons. The molecule has 0 aliphatic carbocycles. The number of anilines is 1. The molecule has 1 aromatic rings. The first kappa shape index (κ1) is 11.8. The van der Waals surface area contributed by atoms with E-state index in [1.54, 1.807) is 4.90 Å². The van der Waals surface area contributed by atoms with E-state index in [2.05, 4.69) is 19.1 Å². The summed E-state index contributed by atoms with van der Waals surface area (Å²) in [4.78, 5) is 13.3. The van der Waals surface area contributed by atoms with E-state index in [1.807, 2.05) is 26.1 Å². The molecule has 0 unspecified atom stereocenters. The molecular formula is C13H19NO. The summed E-state index contributed by atoms with van der Waals surface area (Å²) >= 11 is 0. The van der Waals surface area contributed by atoms with Crippen molar-refractivity contribution in [3.8, 4) is 0 Å². The summed E-state index contributed by atoms with van der Waals surface area (Å²) in [6.07, 6.45) is 2.55. The van der Waals surface area contributed by atoms with Crippen LogP contribution in [0, 0.1) is 0 Å². The molecule has 0 spiro atoms. The van der Waals surface area contributed by atoms with Crippen LogP contribution in [0.1, 0.15) is 32.3 Å². The molecule has 0 aliphatic heterocycles. The zero-order chi connectivity index (χ0) is 11.3. The smallest absolute Gasteiger partial charge is 0.226 e. The molecule has 1 aromatic carbocycles. The maximum absolute atomic E-state index is 11.6. The Labute approximate surface area is 91.9 Å². The van der Waals surface area contributed by atoms with Crippen molar-refractivity contribution in [3.05, 3.63) is 29.8 Å². The third-order valence-electron chi connectivity index (χ3n) is 2.57. The minimum atomic E-state index is 0.182. The van der Waals surface area contributed by atoms with Gasteiger partial charge in [-0.2, -0.15) is 0 Å². The van der Waals surface area contributed by atoms with Crippen molar-refractivity contribution < 1.29 is 4.79 Å². The molecule has 0 aliphatic rings. The lowest BCUT2D eigenvalue weighted by Crippen LogP contribution is -2.25. The highest BCUT2D eigenvalue weighted by Crippen LogP contribution is 2.15. The molecule has 0 aromatic heterocycles. The molecule has 0 radical (unpaired) electrons. The zero-order valence-corrected chi connectivity index (χ0v) is 9.79. The lowest BCUT2D eigenvalue weighted by Gasteiger charge is -2.17. The first-order chi connectivity index (χ1) is 7.19. The molecule has 0 atom stereocenters. The Bertz CT molecular complexity index is 316. The molecule has 0 fully saturated rings. The molecule has 15 heavy (non-hydrogen) atoms. The van der Waals surface area contributed by atoms with Crippen LogP contribution in [0.2, 0.25) is 0 Å². The van der Waals surface area contributed by atoms with Crippen LogP contribution >= 0.6 is 0 Å². The lowest BCUT2D eigenvalue weighted by atomic mass is 10.1. The van der Waals surface area contributed by atoms with Crippen LogP contribution < -0.4 is 4.90 Å². The topological polar surface area (TPSA) is 20.3 Å². The Morgan fingerprint density at radius 3 is 2.27 bits per heavy atom. The highest BCUT2D eigenvalue weighted by Gasteiger charge is 2.08. The van der Waals surface area contributed by atoms with Crippen LogP contribution in [0.4, 0.5) is 5.69 Å². The average Bonchev–Trinajstić information content (AvgIpc) is 2.28. The Balaban J connectivity index is 2.73. The van der Waals surface area contributed by atoms with Gasteiger partial charge in [-0.15, -0.1) is 0 Å². The van der Waals surface area contributed by atoms with Crippen LogP contribution in [0.3, 0.4) is 0 Å². The molecule has 0 heterocycles. The van der Waals surface area contributed by atoms with Crippen LogP contribution in [0.15, 0.2) is 24.3 Å². The Morgan fingerprint density at radius 2 is 1.80 bits per heavy atom. The fourth-order valence-electron chi connectivity index (χ4n) is 1.48.